The Morgan fingerprint density at radius 1 is 1.07 bits per heavy atom. The van der Waals surface area contributed by atoms with Crippen LogP contribution in [0.3, 0.4) is 0 Å². The maximum atomic E-state index is 6.33. The molecule has 7 heteroatoms. The van der Waals surface area contributed by atoms with Crippen molar-refractivity contribution in [3.05, 3.63) is 87.1 Å². The average molecular weight is 472 g/mol. The lowest BCUT2D eigenvalue weighted by atomic mass is 10.0. The number of benzene rings is 2. The van der Waals surface area contributed by atoms with Crippen molar-refractivity contribution in [1.29, 1.82) is 0 Å². The smallest absolute Gasteiger partial charge is 0.192 e. The molecule has 0 bridgehead atoms. The van der Waals surface area contributed by atoms with Crippen LogP contribution in [0.1, 0.15) is 10.4 Å². The predicted molar refractivity (Wildman–Crippen MR) is 130 cm³/mol. The fourth-order valence-corrected chi connectivity index (χ4v) is 5.83. The minimum absolute atomic E-state index is 0.613. The molecule has 0 radical (unpaired) electrons. The lowest BCUT2D eigenvalue weighted by molar-refractivity contribution is 0.731. The van der Waals surface area contributed by atoms with Crippen LogP contribution in [0, 0.1) is 6.92 Å². The topological polar surface area (TPSA) is 30.7 Å². The summed E-state index contributed by atoms with van der Waals surface area (Å²) in [5, 5.41) is 13.3. The van der Waals surface area contributed by atoms with E-state index in [-0.39, 0.29) is 0 Å². The van der Waals surface area contributed by atoms with Crippen molar-refractivity contribution in [1.82, 2.24) is 14.8 Å². The summed E-state index contributed by atoms with van der Waals surface area (Å²) in [6.07, 6.45) is 1.86. The molecule has 0 aliphatic heterocycles. The first-order valence-corrected chi connectivity index (χ1v) is 12.0. The summed E-state index contributed by atoms with van der Waals surface area (Å²) < 4.78 is 2.09. The van der Waals surface area contributed by atoms with E-state index in [1.165, 1.54) is 16.0 Å². The molecule has 4 rings (SSSR count). The van der Waals surface area contributed by atoms with Crippen LogP contribution in [0.2, 0.25) is 10.0 Å². The molecule has 0 saturated carbocycles. The van der Waals surface area contributed by atoms with Crippen molar-refractivity contribution in [3.8, 4) is 22.5 Å². The molecule has 0 saturated heterocycles. The predicted octanol–water partition coefficient (Wildman–Crippen LogP) is 7.77. The SMILES string of the molecule is C=CCn1c(SCc2c(Cl)cccc2Cl)nnc1-c1csc(C)c1-c1ccccc1. The van der Waals surface area contributed by atoms with Crippen molar-refractivity contribution in [3.63, 3.8) is 0 Å². The van der Waals surface area contributed by atoms with E-state index in [4.69, 9.17) is 23.2 Å². The van der Waals surface area contributed by atoms with Gasteiger partial charge in [-0.15, -0.1) is 28.1 Å². The van der Waals surface area contributed by atoms with Gasteiger partial charge in [-0.05, 0) is 30.2 Å². The molecule has 4 aromatic rings. The Hall–Kier alpha value is -2.05. The summed E-state index contributed by atoms with van der Waals surface area (Å²) in [7, 11) is 0. The van der Waals surface area contributed by atoms with Crippen LogP contribution in [-0.4, -0.2) is 14.8 Å². The summed E-state index contributed by atoms with van der Waals surface area (Å²) >= 11 is 16.0. The van der Waals surface area contributed by atoms with E-state index in [1.807, 2.05) is 30.3 Å². The van der Waals surface area contributed by atoms with Crippen molar-refractivity contribution in [2.24, 2.45) is 0 Å². The largest absolute Gasteiger partial charge is 0.298 e. The Labute approximate surface area is 194 Å². The molecule has 0 spiro atoms. The van der Waals surface area contributed by atoms with E-state index in [0.717, 1.165) is 22.1 Å². The molecule has 0 atom stereocenters. The molecule has 2 aromatic carbocycles. The van der Waals surface area contributed by atoms with Crippen LogP contribution in [-0.2, 0) is 12.3 Å². The van der Waals surface area contributed by atoms with Gasteiger partial charge < -0.3 is 0 Å². The normalized spacial score (nSPS) is 11.0. The zero-order chi connectivity index (χ0) is 21.1. The average Bonchev–Trinajstić information content (AvgIpc) is 3.32. The Balaban J connectivity index is 1.72. The summed E-state index contributed by atoms with van der Waals surface area (Å²) in [6.45, 7) is 6.67. The van der Waals surface area contributed by atoms with Crippen LogP contribution < -0.4 is 0 Å². The van der Waals surface area contributed by atoms with Crippen LogP contribution in [0.25, 0.3) is 22.5 Å². The maximum Gasteiger partial charge on any atom is 0.192 e. The molecule has 0 amide bonds. The second-order valence-corrected chi connectivity index (χ2v) is 9.48. The molecule has 0 aliphatic carbocycles. The number of aryl methyl sites for hydroxylation is 1. The van der Waals surface area contributed by atoms with Gasteiger partial charge in [0, 0.05) is 43.7 Å². The number of hydrogen-bond donors (Lipinski definition) is 0. The highest BCUT2D eigenvalue weighted by Gasteiger charge is 2.20. The Kier molecular flexibility index (Phi) is 6.64. The summed E-state index contributed by atoms with van der Waals surface area (Å²) in [4.78, 5) is 1.25. The number of thioether (sulfide) groups is 1. The molecular weight excluding hydrogens is 453 g/mol. The second kappa shape index (κ2) is 9.40. The third kappa shape index (κ3) is 4.21. The standard InChI is InChI=1S/C23H19Cl2N3S2/c1-3-12-28-22(18-14-29-15(2)21(18)16-8-5-4-6-9-16)26-27-23(28)30-13-17-19(24)10-7-11-20(17)25/h3-11,14H,1,12-13H2,2H3. The molecule has 30 heavy (non-hydrogen) atoms. The van der Waals surface area contributed by atoms with E-state index in [2.05, 4.69) is 57.9 Å². The van der Waals surface area contributed by atoms with Crippen LogP contribution in [0.4, 0.5) is 0 Å². The molecule has 0 unspecified atom stereocenters. The zero-order valence-electron chi connectivity index (χ0n) is 16.3. The van der Waals surface area contributed by atoms with Gasteiger partial charge in [-0.3, -0.25) is 4.57 Å². The van der Waals surface area contributed by atoms with Gasteiger partial charge in [-0.2, -0.15) is 0 Å². The van der Waals surface area contributed by atoms with Gasteiger partial charge in [0.2, 0.25) is 0 Å². The van der Waals surface area contributed by atoms with Crippen LogP contribution in [0.15, 0.2) is 71.7 Å². The van der Waals surface area contributed by atoms with Gasteiger partial charge >= 0.3 is 0 Å². The third-order valence-electron chi connectivity index (χ3n) is 4.71. The van der Waals surface area contributed by atoms with Gasteiger partial charge in [0.05, 0.1) is 0 Å². The molecule has 2 aromatic heterocycles. The third-order valence-corrected chi connectivity index (χ3v) is 7.33. The van der Waals surface area contributed by atoms with Crippen molar-refractivity contribution in [2.45, 2.75) is 24.4 Å². The first kappa shape index (κ1) is 21.2. The van der Waals surface area contributed by atoms with Gasteiger partial charge in [0.1, 0.15) is 0 Å². The fourth-order valence-electron chi connectivity index (χ4n) is 3.28. The number of halogens is 2. The van der Waals surface area contributed by atoms with E-state index in [9.17, 15) is 0 Å². The Morgan fingerprint density at radius 2 is 1.80 bits per heavy atom. The van der Waals surface area contributed by atoms with E-state index in [1.54, 1.807) is 23.1 Å². The number of hydrogen-bond acceptors (Lipinski definition) is 4. The molecule has 0 aliphatic rings. The van der Waals surface area contributed by atoms with Crippen LogP contribution >= 0.6 is 46.3 Å². The van der Waals surface area contributed by atoms with E-state index < -0.39 is 0 Å². The summed E-state index contributed by atoms with van der Waals surface area (Å²) in [5.41, 5.74) is 4.36. The first-order valence-electron chi connectivity index (χ1n) is 9.33. The zero-order valence-corrected chi connectivity index (χ0v) is 19.5. The molecular formula is C23H19Cl2N3S2. The minimum atomic E-state index is 0.613. The quantitative estimate of drug-likeness (QED) is 0.203. The number of rotatable bonds is 7. The number of allylic oxidation sites excluding steroid dienone is 1. The molecule has 0 N–H and O–H groups in total. The Bertz CT molecular complexity index is 1160. The first-order chi connectivity index (χ1) is 14.6. The highest BCUT2D eigenvalue weighted by Crippen LogP contribution is 2.39. The van der Waals surface area contributed by atoms with E-state index in [0.29, 0.717) is 22.3 Å². The van der Waals surface area contributed by atoms with Crippen LogP contribution in [0.5, 0.6) is 0 Å². The highest BCUT2D eigenvalue weighted by molar-refractivity contribution is 7.98. The van der Waals surface area contributed by atoms with Gasteiger partial charge in [0.15, 0.2) is 11.0 Å². The van der Waals surface area contributed by atoms with Crippen molar-refractivity contribution >= 4 is 46.3 Å². The molecule has 2 heterocycles. The van der Waals surface area contributed by atoms with Crippen molar-refractivity contribution in [2.75, 3.05) is 0 Å². The Morgan fingerprint density at radius 3 is 2.50 bits per heavy atom. The molecule has 152 valence electrons. The highest BCUT2D eigenvalue weighted by atomic mass is 35.5. The number of aromatic nitrogens is 3. The summed E-state index contributed by atoms with van der Waals surface area (Å²) in [6, 6.07) is 15.9. The fraction of sp³-hybridized carbons (Fsp3) is 0.130. The molecule has 3 nitrogen and oxygen atoms in total. The summed E-state index contributed by atoms with van der Waals surface area (Å²) in [5.74, 6) is 1.45. The van der Waals surface area contributed by atoms with Crippen molar-refractivity contribution < 1.29 is 0 Å². The molecule has 0 fully saturated rings. The van der Waals surface area contributed by atoms with Gasteiger partial charge in [-0.25, -0.2) is 0 Å². The number of nitrogens with zero attached hydrogens (tertiary/aromatic N) is 3. The van der Waals surface area contributed by atoms with Gasteiger partial charge in [-0.1, -0.05) is 77.4 Å². The van der Waals surface area contributed by atoms with Gasteiger partial charge in [0.25, 0.3) is 0 Å². The van der Waals surface area contributed by atoms with E-state index >= 15 is 0 Å². The number of thiophene rings is 1. The lowest BCUT2D eigenvalue weighted by Crippen LogP contribution is -2.01. The monoisotopic (exact) mass is 471 g/mol. The maximum absolute atomic E-state index is 6.33. The second-order valence-electron chi connectivity index (χ2n) is 6.64. The minimum Gasteiger partial charge on any atom is -0.298 e. The lowest BCUT2D eigenvalue weighted by Gasteiger charge is -2.10.